The van der Waals surface area contributed by atoms with Gasteiger partial charge in [0.25, 0.3) is 10.1 Å². The number of carbonyl (C=O) groups is 1. The van der Waals surface area contributed by atoms with Gasteiger partial charge in [-0.25, -0.2) is 4.79 Å². The molecule has 3 rings (SSSR count). The molecule has 170 valence electrons. The van der Waals surface area contributed by atoms with Crippen LogP contribution in [-0.4, -0.2) is 51.6 Å². The Labute approximate surface area is 185 Å². The van der Waals surface area contributed by atoms with Gasteiger partial charge in [-0.3, -0.25) is 4.18 Å². The van der Waals surface area contributed by atoms with Crippen LogP contribution < -0.4 is 0 Å². The van der Waals surface area contributed by atoms with E-state index < -0.39 is 40.4 Å². The molecule has 10 nitrogen and oxygen atoms in total. The van der Waals surface area contributed by atoms with Gasteiger partial charge in [-0.1, -0.05) is 65.8 Å². The van der Waals surface area contributed by atoms with E-state index in [2.05, 4.69) is 10.0 Å². The molecule has 1 fully saturated rings. The number of rotatable bonds is 11. The molecule has 0 aromatic heterocycles. The summed E-state index contributed by atoms with van der Waals surface area (Å²) in [6, 6.07) is 17.5. The van der Waals surface area contributed by atoms with Crippen LogP contribution in [0.4, 0.5) is 0 Å². The Bertz CT molecular complexity index is 1040. The SMILES string of the molecule is CS(=O)(=O)O[C@H]1C(=O)O[C@@H]([C@H](COCc2ccccc2)N=[N+]=[N-])[C@@H]1OCc1ccccc1. The lowest BCUT2D eigenvalue weighted by molar-refractivity contribution is -0.147. The molecule has 1 aliphatic heterocycles. The molecule has 0 unspecified atom stereocenters. The van der Waals surface area contributed by atoms with Gasteiger partial charge in [0, 0.05) is 4.91 Å². The van der Waals surface area contributed by atoms with Crippen LogP contribution in [0.1, 0.15) is 11.1 Å². The number of hydrogen-bond acceptors (Lipinski definition) is 8. The molecule has 2 aromatic carbocycles. The zero-order chi connectivity index (χ0) is 23.0. The van der Waals surface area contributed by atoms with Gasteiger partial charge in [0.05, 0.1) is 26.1 Å². The summed E-state index contributed by atoms with van der Waals surface area (Å²) in [5.74, 6) is -0.917. The summed E-state index contributed by atoms with van der Waals surface area (Å²) in [6.07, 6.45) is -2.92. The second kappa shape index (κ2) is 11.1. The highest BCUT2D eigenvalue weighted by atomic mass is 32.2. The molecule has 0 saturated carbocycles. The molecule has 0 radical (unpaired) electrons. The van der Waals surface area contributed by atoms with E-state index >= 15 is 0 Å². The molecule has 1 aliphatic rings. The normalized spacial score (nSPS) is 21.5. The first-order valence-electron chi connectivity index (χ1n) is 9.77. The highest BCUT2D eigenvalue weighted by Crippen LogP contribution is 2.28. The molecule has 2 aromatic rings. The maximum absolute atomic E-state index is 12.4. The highest BCUT2D eigenvalue weighted by Gasteiger charge is 2.51. The predicted octanol–water partition coefficient (Wildman–Crippen LogP) is 2.74. The summed E-state index contributed by atoms with van der Waals surface area (Å²) in [6.45, 7) is 0.238. The van der Waals surface area contributed by atoms with Crippen molar-refractivity contribution in [2.45, 2.75) is 37.6 Å². The van der Waals surface area contributed by atoms with E-state index in [9.17, 15) is 13.2 Å². The van der Waals surface area contributed by atoms with Crippen LogP contribution in [0.5, 0.6) is 0 Å². The smallest absolute Gasteiger partial charge is 0.340 e. The third-order valence-electron chi connectivity index (χ3n) is 4.65. The maximum Gasteiger partial charge on any atom is 0.340 e. The number of azide groups is 1. The Morgan fingerprint density at radius 2 is 1.66 bits per heavy atom. The van der Waals surface area contributed by atoms with Gasteiger partial charge in [-0.05, 0) is 16.7 Å². The zero-order valence-corrected chi connectivity index (χ0v) is 18.1. The molecule has 4 atom stereocenters. The van der Waals surface area contributed by atoms with Crippen molar-refractivity contribution >= 4 is 16.1 Å². The standard InChI is InChI=1S/C21H23N3O7S/c1-32(26,27)31-20-19(29-13-16-10-6-3-7-11-16)18(30-21(20)25)17(23-24-22)14-28-12-15-8-4-2-5-9-15/h2-11,17-20H,12-14H2,1H3/t17-,18-,19-,20+/m0/s1. The molecular formula is C21H23N3O7S. The number of nitrogens with zero attached hydrogens (tertiary/aromatic N) is 3. The van der Waals surface area contributed by atoms with Crippen LogP contribution in [0.25, 0.3) is 10.4 Å². The van der Waals surface area contributed by atoms with E-state index in [4.69, 9.17) is 23.9 Å². The second-order valence-corrected chi connectivity index (χ2v) is 8.76. The Hall–Kier alpha value is -2.95. The van der Waals surface area contributed by atoms with E-state index in [1.165, 1.54) is 0 Å². The number of benzene rings is 2. The van der Waals surface area contributed by atoms with Gasteiger partial charge in [0.1, 0.15) is 18.2 Å². The molecule has 0 aliphatic carbocycles. The molecular weight excluding hydrogens is 438 g/mol. The first-order chi connectivity index (χ1) is 15.4. The first kappa shape index (κ1) is 23.7. The van der Waals surface area contributed by atoms with Crippen molar-refractivity contribution in [3.8, 4) is 0 Å². The fourth-order valence-corrected chi connectivity index (χ4v) is 3.80. The molecule has 0 N–H and O–H groups in total. The molecule has 0 amide bonds. The number of esters is 1. The average molecular weight is 461 g/mol. The highest BCUT2D eigenvalue weighted by molar-refractivity contribution is 7.86. The quantitative estimate of drug-likeness (QED) is 0.165. The predicted molar refractivity (Wildman–Crippen MR) is 114 cm³/mol. The summed E-state index contributed by atoms with van der Waals surface area (Å²) in [4.78, 5) is 15.2. The van der Waals surface area contributed by atoms with Gasteiger partial charge in [0.2, 0.25) is 6.10 Å². The third kappa shape index (κ3) is 6.78. The molecule has 11 heteroatoms. The number of ether oxygens (including phenoxy) is 3. The molecule has 1 saturated heterocycles. The van der Waals surface area contributed by atoms with Crippen molar-refractivity contribution < 1.29 is 31.6 Å². The lowest BCUT2D eigenvalue weighted by atomic mass is 10.0. The van der Waals surface area contributed by atoms with Gasteiger partial charge in [-0.2, -0.15) is 8.42 Å². The fourth-order valence-electron chi connectivity index (χ4n) is 3.24. The summed E-state index contributed by atoms with van der Waals surface area (Å²) in [5.41, 5.74) is 10.7. The van der Waals surface area contributed by atoms with Crippen LogP contribution >= 0.6 is 0 Å². The summed E-state index contributed by atoms with van der Waals surface area (Å²) >= 11 is 0. The van der Waals surface area contributed by atoms with Crippen molar-refractivity contribution in [2.75, 3.05) is 12.9 Å². The van der Waals surface area contributed by atoms with Crippen molar-refractivity contribution in [2.24, 2.45) is 5.11 Å². The van der Waals surface area contributed by atoms with Crippen LogP contribution in [-0.2, 0) is 46.5 Å². The number of hydrogen-bond donors (Lipinski definition) is 0. The van der Waals surface area contributed by atoms with Crippen molar-refractivity contribution in [1.29, 1.82) is 0 Å². The summed E-state index contributed by atoms with van der Waals surface area (Å²) in [7, 11) is -3.99. The lowest BCUT2D eigenvalue weighted by Gasteiger charge is -2.25. The maximum atomic E-state index is 12.4. The van der Waals surface area contributed by atoms with E-state index in [1.807, 2.05) is 60.7 Å². The van der Waals surface area contributed by atoms with Crippen molar-refractivity contribution in [3.05, 3.63) is 82.2 Å². The van der Waals surface area contributed by atoms with Crippen LogP contribution in [0.15, 0.2) is 65.8 Å². The van der Waals surface area contributed by atoms with Gasteiger partial charge in [-0.15, -0.1) is 0 Å². The minimum Gasteiger partial charge on any atom is -0.457 e. The van der Waals surface area contributed by atoms with Crippen LogP contribution in [0.3, 0.4) is 0 Å². The minimum atomic E-state index is -3.99. The molecule has 0 bridgehead atoms. The Kier molecular flexibility index (Phi) is 8.20. The second-order valence-electron chi connectivity index (χ2n) is 7.16. The Balaban J connectivity index is 1.76. The van der Waals surface area contributed by atoms with Crippen molar-refractivity contribution in [3.63, 3.8) is 0 Å². The lowest BCUT2D eigenvalue weighted by Crippen LogP contribution is -2.43. The van der Waals surface area contributed by atoms with Crippen LogP contribution in [0.2, 0.25) is 0 Å². The summed E-state index contributed by atoms with van der Waals surface area (Å²) in [5, 5.41) is 3.70. The monoisotopic (exact) mass is 461 g/mol. The molecule has 1 heterocycles. The molecule has 32 heavy (non-hydrogen) atoms. The van der Waals surface area contributed by atoms with E-state index in [0.29, 0.717) is 0 Å². The van der Waals surface area contributed by atoms with E-state index in [0.717, 1.165) is 17.4 Å². The first-order valence-corrected chi connectivity index (χ1v) is 11.6. The Morgan fingerprint density at radius 3 is 2.22 bits per heavy atom. The zero-order valence-electron chi connectivity index (χ0n) is 17.3. The van der Waals surface area contributed by atoms with Crippen molar-refractivity contribution in [1.82, 2.24) is 0 Å². The van der Waals surface area contributed by atoms with Crippen LogP contribution in [0, 0.1) is 0 Å². The third-order valence-corrected chi connectivity index (χ3v) is 5.21. The molecule has 0 spiro atoms. The number of cyclic esters (lactones) is 1. The van der Waals surface area contributed by atoms with E-state index in [1.54, 1.807) is 0 Å². The van der Waals surface area contributed by atoms with Gasteiger partial charge in [0.15, 0.2) is 0 Å². The van der Waals surface area contributed by atoms with E-state index in [-0.39, 0.29) is 19.8 Å². The number of carbonyl (C=O) groups excluding carboxylic acids is 1. The van der Waals surface area contributed by atoms with Gasteiger partial charge >= 0.3 is 5.97 Å². The largest absolute Gasteiger partial charge is 0.457 e. The fraction of sp³-hybridized carbons (Fsp3) is 0.381. The summed E-state index contributed by atoms with van der Waals surface area (Å²) < 4.78 is 45.2. The topological polar surface area (TPSA) is 137 Å². The van der Waals surface area contributed by atoms with Gasteiger partial charge < -0.3 is 14.2 Å². The minimum absolute atomic E-state index is 0.0656. The Morgan fingerprint density at radius 1 is 1.06 bits per heavy atom. The average Bonchev–Trinajstić information content (AvgIpc) is 3.07.